The van der Waals surface area contributed by atoms with Gasteiger partial charge in [0.2, 0.25) is 0 Å². The number of fused-ring (bicyclic) bond motifs is 2. The van der Waals surface area contributed by atoms with E-state index in [-0.39, 0.29) is 17.1 Å². The van der Waals surface area contributed by atoms with Crippen LogP contribution < -0.4 is 5.43 Å². The Morgan fingerprint density at radius 2 is 1.97 bits per heavy atom. The van der Waals surface area contributed by atoms with E-state index in [0.717, 1.165) is 35.4 Å². The Hall–Kier alpha value is -2.99. The van der Waals surface area contributed by atoms with E-state index in [2.05, 4.69) is 6.07 Å². The van der Waals surface area contributed by atoms with Crippen LogP contribution in [0.25, 0.3) is 21.2 Å². The molecule has 5 nitrogen and oxygen atoms in total. The van der Waals surface area contributed by atoms with Gasteiger partial charge in [0.1, 0.15) is 5.58 Å². The van der Waals surface area contributed by atoms with Crippen LogP contribution in [0.1, 0.15) is 46.8 Å². The summed E-state index contributed by atoms with van der Waals surface area (Å²) in [7, 11) is 0. The second-order valence-corrected chi connectivity index (χ2v) is 8.81. The van der Waals surface area contributed by atoms with Crippen LogP contribution in [0.5, 0.6) is 0 Å². The van der Waals surface area contributed by atoms with Crippen LogP contribution in [-0.2, 0) is 6.42 Å². The molecule has 0 unspecified atom stereocenters. The van der Waals surface area contributed by atoms with Crippen molar-refractivity contribution in [2.75, 3.05) is 13.1 Å². The van der Waals surface area contributed by atoms with Crippen molar-refractivity contribution >= 4 is 38.4 Å². The predicted molar refractivity (Wildman–Crippen MR) is 119 cm³/mol. The Bertz CT molecular complexity index is 1270. The van der Waals surface area contributed by atoms with Crippen LogP contribution in [0.2, 0.25) is 0 Å². The van der Waals surface area contributed by atoms with Crippen molar-refractivity contribution in [2.45, 2.75) is 32.1 Å². The first-order chi connectivity index (χ1) is 14.6. The number of carbonyl (C=O) groups excluding carboxylic acids is 1. The number of aryl methyl sites for hydroxylation is 1. The molecule has 30 heavy (non-hydrogen) atoms. The third-order valence-corrected chi connectivity index (χ3v) is 7.05. The molecule has 0 N–H and O–H groups in total. The van der Waals surface area contributed by atoms with Gasteiger partial charge in [-0.3, -0.25) is 9.59 Å². The number of piperidine rings is 1. The van der Waals surface area contributed by atoms with Gasteiger partial charge >= 0.3 is 0 Å². The van der Waals surface area contributed by atoms with Gasteiger partial charge in [-0.05, 0) is 49.1 Å². The lowest BCUT2D eigenvalue weighted by molar-refractivity contribution is 0.0681. The molecule has 0 spiro atoms. The van der Waals surface area contributed by atoms with Crippen LogP contribution in [0, 0.1) is 0 Å². The molecule has 1 saturated heterocycles. The fourth-order valence-electron chi connectivity index (χ4n) is 4.08. The van der Waals surface area contributed by atoms with Crippen LogP contribution in [0.3, 0.4) is 0 Å². The van der Waals surface area contributed by atoms with Gasteiger partial charge in [0, 0.05) is 25.1 Å². The van der Waals surface area contributed by atoms with Crippen LogP contribution in [-0.4, -0.2) is 28.9 Å². The smallest absolute Gasteiger partial charge is 0.289 e. The standard InChI is InChI=1S/C24H22N2O3S/c1-2-15-7-8-20-17(13-15)19(27)14-21(29-20)24(28)26-11-9-16(10-12-26)23-25-18-5-3-4-6-22(18)30-23/h3-8,13-14,16H,2,9-12H2,1H3. The number of benzene rings is 2. The number of nitrogens with zero attached hydrogens (tertiary/aromatic N) is 2. The van der Waals surface area contributed by atoms with Crippen molar-refractivity contribution in [3.05, 3.63) is 75.1 Å². The molecule has 0 atom stereocenters. The fraction of sp³-hybridized carbons (Fsp3) is 0.292. The molecule has 0 bridgehead atoms. The van der Waals surface area contributed by atoms with Gasteiger partial charge < -0.3 is 9.32 Å². The van der Waals surface area contributed by atoms with Crippen LogP contribution in [0.15, 0.2) is 57.7 Å². The summed E-state index contributed by atoms with van der Waals surface area (Å²) in [5.41, 5.74) is 2.41. The number of para-hydroxylation sites is 1. The lowest BCUT2D eigenvalue weighted by Gasteiger charge is -2.30. The van der Waals surface area contributed by atoms with Crippen LogP contribution >= 0.6 is 11.3 Å². The molecule has 152 valence electrons. The Morgan fingerprint density at radius 3 is 2.73 bits per heavy atom. The highest BCUT2D eigenvalue weighted by molar-refractivity contribution is 7.18. The fourth-order valence-corrected chi connectivity index (χ4v) is 5.22. The van der Waals surface area contributed by atoms with Gasteiger partial charge in [0.25, 0.3) is 5.91 Å². The number of amides is 1. The predicted octanol–water partition coefficient (Wildman–Crippen LogP) is 4.98. The SMILES string of the molecule is CCc1ccc2oc(C(=O)N3CCC(c4nc5ccccc5s4)CC3)cc(=O)c2c1. The molecular formula is C24H22N2O3S. The van der Waals surface area contributed by atoms with Crippen LogP contribution in [0.4, 0.5) is 0 Å². The quantitative estimate of drug-likeness (QED) is 0.470. The van der Waals surface area contributed by atoms with Crippen molar-refractivity contribution in [1.29, 1.82) is 0 Å². The summed E-state index contributed by atoms with van der Waals surface area (Å²) in [6.07, 6.45) is 2.58. The summed E-state index contributed by atoms with van der Waals surface area (Å²) in [4.78, 5) is 32.1. The second-order valence-electron chi connectivity index (χ2n) is 7.75. The average Bonchev–Trinajstić information content (AvgIpc) is 3.23. The number of carbonyl (C=O) groups is 1. The van der Waals surface area contributed by atoms with Crippen molar-refractivity contribution in [2.24, 2.45) is 0 Å². The van der Waals surface area contributed by atoms with Crippen molar-refractivity contribution < 1.29 is 9.21 Å². The molecule has 2 aromatic heterocycles. The molecule has 2 aromatic carbocycles. The summed E-state index contributed by atoms with van der Waals surface area (Å²) in [6.45, 7) is 3.31. The van der Waals surface area contributed by atoms with E-state index in [1.165, 1.54) is 10.8 Å². The minimum atomic E-state index is -0.212. The molecule has 1 fully saturated rings. The van der Waals surface area contributed by atoms with E-state index in [1.807, 2.05) is 37.3 Å². The zero-order valence-corrected chi connectivity index (χ0v) is 17.6. The topological polar surface area (TPSA) is 63.4 Å². The third kappa shape index (κ3) is 3.41. The molecule has 0 saturated carbocycles. The highest BCUT2D eigenvalue weighted by atomic mass is 32.1. The lowest BCUT2D eigenvalue weighted by atomic mass is 9.97. The summed E-state index contributed by atoms with van der Waals surface area (Å²) >= 11 is 1.74. The molecule has 0 aliphatic carbocycles. The Morgan fingerprint density at radius 1 is 1.17 bits per heavy atom. The maximum absolute atomic E-state index is 13.0. The number of aromatic nitrogens is 1. The average molecular weight is 419 g/mol. The van der Waals surface area contributed by atoms with E-state index in [0.29, 0.717) is 30.0 Å². The molecule has 1 amide bonds. The van der Waals surface area contributed by atoms with E-state index in [4.69, 9.17) is 9.40 Å². The normalized spacial score (nSPS) is 15.2. The second kappa shape index (κ2) is 7.69. The van der Waals surface area contributed by atoms with E-state index in [1.54, 1.807) is 22.3 Å². The van der Waals surface area contributed by atoms with Crippen molar-refractivity contribution in [3.63, 3.8) is 0 Å². The minimum Gasteiger partial charge on any atom is -0.451 e. The molecule has 0 radical (unpaired) electrons. The summed E-state index contributed by atoms with van der Waals surface area (Å²) in [6, 6.07) is 15.1. The van der Waals surface area contributed by atoms with Crippen molar-refractivity contribution in [1.82, 2.24) is 9.88 Å². The minimum absolute atomic E-state index is 0.121. The number of rotatable bonds is 3. The molecule has 1 aliphatic heterocycles. The molecular weight excluding hydrogens is 396 g/mol. The van der Waals surface area contributed by atoms with Gasteiger partial charge in [-0.15, -0.1) is 11.3 Å². The van der Waals surface area contributed by atoms with E-state index < -0.39 is 0 Å². The van der Waals surface area contributed by atoms with E-state index >= 15 is 0 Å². The Labute approximate surface area is 178 Å². The highest BCUT2D eigenvalue weighted by Gasteiger charge is 2.28. The van der Waals surface area contributed by atoms with Gasteiger partial charge in [-0.2, -0.15) is 0 Å². The molecule has 3 heterocycles. The Kier molecular flexibility index (Phi) is 4.87. The van der Waals surface area contributed by atoms with Gasteiger partial charge in [0.15, 0.2) is 11.2 Å². The highest BCUT2D eigenvalue weighted by Crippen LogP contribution is 2.34. The largest absolute Gasteiger partial charge is 0.451 e. The van der Waals surface area contributed by atoms with Gasteiger partial charge in [-0.1, -0.05) is 25.1 Å². The zero-order valence-electron chi connectivity index (χ0n) is 16.8. The first-order valence-electron chi connectivity index (χ1n) is 10.3. The van der Waals surface area contributed by atoms with Crippen molar-refractivity contribution in [3.8, 4) is 0 Å². The molecule has 1 aliphatic rings. The van der Waals surface area contributed by atoms with E-state index in [9.17, 15) is 9.59 Å². The maximum atomic E-state index is 13.0. The number of likely N-dealkylation sites (tertiary alicyclic amines) is 1. The van der Waals surface area contributed by atoms with Gasteiger partial charge in [0.05, 0.1) is 20.6 Å². The number of thiazole rings is 1. The monoisotopic (exact) mass is 418 g/mol. The summed E-state index contributed by atoms with van der Waals surface area (Å²) < 4.78 is 7.01. The summed E-state index contributed by atoms with van der Waals surface area (Å²) in [5, 5.41) is 1.67. The number of hydrogen-bond donors (Lipinski definition) is 0. The lowest BCUT2D eigenvalue weighted by Crippen LogP contribution is -2.38. The third-order valence-electron chi connectivity index (χ3n) is 5.85. The zero-order chi connectivity index (χ0) is 20.7. The van der Waals surface area contributed by atoms with Gasteiger partial charge in [-0.25, -0.2) is 4.98 Å². The number of hydrogen-bond acceptors (Lipinski definition) is 5. The molecule has 6 heteroatoms. The molecule has 4 aromatic rings. The first-order valence-corrected chi connectivity index (χ1v) is 11.2. The summed E-state index contributed by atoms with van der Waals surface area (Å²) in [5.74, 6) is 0.272. The Balaban J connectivity index is 1.33. The molecule has 5 rings (SSSR count). The first kappa shape index (κ1) is 19.0. The maximum Gasteiger partial charge on any atom is 0.289 e.